The molecule has 1 saturated heterocycles. The van der Waals surface area contributed by atoms with Crippen LogP contribution in [0.5, 0.6) is 0 Å². The molecule has 3 nitrogen and oxygen atoms in total. The minimum atomic E-state index is -0.374. The third kappa shape index (κ3) is 3.18. The molecule has 1 aliphatic heterocycles. The first kappa shape index (κ1) is 16.7. The van der Waals surface area contributed by atoms with E-state index >= 15 is 0 Å². The molecule has 0 saturated carbocycles. The summed E-state index contributed by atoms with van der Waals surface area (Å²) in [6, 6.07) is 27.3. The van der Waals surface area contributed by atoms with Crippen molar-refractivity contribution in [3.63, 3.8) is 0 Å². The summed E-state index contributed by atoms with van der Waals surface area (Å²) < 4.78 is 0. The topological polar surface area (TPSA) is 23.6 Å². The van der Waals surface area contributed by atoms with Gasteiger partial charge in [-0.05, 0) is 48.5 Å². The molecule has 4 rings (SSSR count). The monoisotopic (exact) mass is 362 g/mol. The Kier molecular flexibility index (Phi) is 4.63. The summed E-state index contributed by atoms with van der Waals surface area (Å²) in [7, 11) is 0. The van der Waals surface area contributed by atoms with Gasteiger partial charge in [0.2, 0.25) is 5.78 Å². The van der Waals surface area contributed by atoms with E-state index in [4.69, 9.17) is 11.6 Å². The van der Waals surface area contributed by atoms with Gasteiger partial charge in [-0.3, -0.25) is 4.79 Å². The molecule has 1 heterocycles. The fourth-order valence-electron chi connectivity index (χ4n) is 3.45. The number of halogens is 1. The molecule has 0 atom stereocenters. The molecule has 0 N–H and O–H groups in total. The molecular formula is C22H19ClN2O. The fourth-order valence-corrected chi connectivity index (χ4v) is 3.58. The molecule has 1 aliphatic rings. The lowest BCUT2D eigenvalue weighted by atomic mass is 10.1. The highest BCUT2D eigenvalue weighted by molar-refractivity contribution is 6.30. The van der Waals surface area contributed by atoms with Crippen LogP contribution in [0, 0.1) is 0 Å². The second kappa shape index (κ2) is 7.22. The average molecular weight is 363 g/mol. The predicted molar refractivity (Wildman–Crippen MR) is 107 cm³/mol. The normalized spacial score (nSPS) is 14.7. The molecule has 0 unspecified atom stereocenters. The van der Waals surface area contributed by atoms with E-state index in [0.717, 1.165) is 24.5 Å². The molecule has 0 bridgehead atoms. The summed E-state index contributed by atoms with van der Waals surface area (Å²) in [5, 5.41) is 0.632. The smallest absolute Gasteiger partial charge is 0.205 e. The highest BCUT2D eigenvalue weighted by atomic mass is 35.5. The van der Waals surface area contributed by atoms with Crippen LogP contribution in [-0.4, -0.2) is 25.0 Å². The number of ketones is 1. The van der Waals surface area contributed by atoms with Crippen LogP contribution in [-0.2, 0) is 0 Å². The molecule has 4 heteroatoms. The van der Waals surface area contributed by atoms with E-state index in [0.29, 0.717) is 10.6 Å². The molecule has 0 aromatic heterocycles. The Bertz CT molecular complexity index is 834. The van der Waals surface area contributed by atoms with Crippen molar-refractivity contribution in [2.24, 2.45) is 0 Å². The zero-order valence-corrected chi connectivity index (χ0v) is 15.0. The highest BCUT2D eigenvalue weighted by Crippen LogP contribution is 2.30. The van der Waals surface area contributed by atoms with E-state index in [9.17, 15) is 4.79 Å². The van der Waals surface area contributed by atoms with Gasteiger partial charge in [-0.15, -0.1) is 0 Å². The molecular weight excluding hydrogens is 344 g/mol. The molecule has 130 valence electrons. The van der Waals surface area contributed by atoms with Gasteiger partial charge in [0.1, 0.15) is 0 Å². The van der Waals surface area contributed by atoms with E-state index in [-0.39, 0.29) is 11.9 Å². The van der Waals surface area contributed by atoms with Crippen molar-refractivity contribution in [1.82, 2.24) is 0 Å². The van der Waals surface area contributed by atoms with Crippen molar-refractivity contribution in [3.8, 4) is 0 Å². The van der Waals surface area contributed by atoms with Gasteiger partial charge >= 0.3 is 0 Å². The summed E-state index contributed by atoms with van der Waals surface area (Å²) in [5.41, 5.74) is 2.78. The van der Waals surface area contributed by atoms with E-state index in [1.165, 1.54) is 0 Å². The van der Waals surface area contributed by atoms with Crippen molar-refractivity contribution >= 4 is 28.8 Å². The zero-order chi connectivity index (χ0) is 17.9. The van der Waals surface area contributed by atoms with Gasteiger partial charge in [0, 0.05) is 35.1 Å². The van der Waals surface area contributed by atoms with Gasteiger partial charge in [-0.2, -0.15) is 0 Å². The largest absolute Gasteiger partial charge is 0.343 e. The molecule has 1 fully saturated rings. The first-order valence-corrected chi connectivity index (χ1v) is 9.05. The molecule has 0 aliphatic carbocycles. The van der Waals surface area contributed by atoms with E-state index < -0.39 is 0 Å². The Morgan fingerprint density at radius 1 is 0.731 bits per heavy atom. The van der Waals surface area contributed by atoms with Gasteiger partial charge in [0.15, 0.2) is 6.17 Å². The van der Waals surface area contributed by atoms with Crippen LogP contribution in [0.4, 0.5) is 11.4 Å². The van der Waals surface area contributed by atoms with Crippen LogP contribution < -0.4 is 9.80 Å². The number of carbonyl (C=O) groups excluding carboxylic acids is 1. The molecule has 26 heavy (non-hydrogen) atoms. The van der Waals surface area contributed by atoms with E-state index in [1.807, 2.05) is 36.4 Å². The van der Waals surface area contributed by atoms with E-state index in [1.54, 1.807) is 24.3 Å². The summed E-state index contributed by atoms with van der Waals surface area (Å²) in [5.74, 6) is 0.0758. The third-order valence-electron chi connectivity index (χ3n) is 4.71. The zero-order valence-electron chi connectivity index (χ0n) is 14.3. The number of carbonyl (C=O) groups is 1. The molecule has 0 amide bonds. The van der Waals surface area contributed by atoms with Gasteiger partial charge in [0.05, 0.1) is 0 Å². The van der Waals surface area contributed by atoms with E-state index in [2.05, 4.69) is 34.1 Å². The van der Waals surface area contributed by atoms with Crippen LogP contribution in [0.1, 0.15) is 10.4 Å². The Morgan fingerprint density at radius 2 is 1.19 bits per heavy atom. The third-order valence-corrected chi connectivity index (χ3v) is 4.96. The van der Waals surface area contributed by atoms with Crippen molar-refractivity contribution in [3.05, 3.63) is 95.5 Å². The lowest BCUT2D eigenvalue weighted by Crippen LogP contribution is -2.45. The Morgan fingerprint density at radius 3 is 1.65 bits per heavy atom. The number of hydrogen-bond donors (Lipinski definition) is 0. The first-order chi connectivity index (χ1) is 12.7. The molecule has 3 aromatic carbocycles. The number of anilines is 2. The quantitative estimate of drug-likeness (QED) is 0.618. The molecule has 0 radical (unpaired) electrons. The van der Waals surface area contributed by atoms with Crippen molar-refractivity contribution in [2.75, 3.05) is 22.9 Å². The number of para-hydroxylation sites is 2. The van der Waals surface area contributed by atoms with Crippen molar-refractivity contribution in [1.29, 1.82) is 0 Å². The number of Topliss-reactive ketones (excluding diaryl/α,β-unsaturated/α-hetero) is 1. The van der Waals surface area contributed by atoms with Gasteiger partial charge < -0.3 is 9.80 Å². The number of hydrogen-bond acceptors (Lipinski definition) is 3. The van der Waals surface area contributed by atoms with Crippen molar-refractivity contribution < 1.29 is 4.79 Å². The Balaban J connectivity index is 1.74. The van der Waals surface area contributed by atoms with Gasteiger partial charge in [-0.1, -0.05) is 48.0 Å². The maximum absolute atomic E-state index is 13.4. The van der Waals surface area contributed by atoms with Gasteiger partial charge in [0.25, 0.3) is 0 Å². The van der Waals surface area contributed by atoms with Crippen LogP contribution in [0.3, 0.4) is 0 Å². The second-order valence-electron chi connectivity index (χ2n) is 6.30. The number of benzene rings is 3. The Hall–Kier alpha value is -2.78. The van der Waals surface area contributed by atoms with Crippen LogP contribution in [0.25, 0.3) is 0 Å². The number of rotatable bonds is 4. The summed E-state index contributed by atoms with van der Waals surface area (Å²) >= 11 is 5.99. The van der Waals surface area contributed by atoms with Crippen molar-refractivity contribution in [2.45, 2.75) is 6.17 Å². The summed E-state index contributed by atoms with van der Waals surface area (Å²) in [4.78, 5) is 17.7. The minimum Gasteiger partial charge on any atom is -0.343 e. The minimum absolute atomic E-state index is 0.0758. The number of nitrogens with zero attached hydrogens (tertiary/aromatic N) is 2. The average Bonchev–Trinajstić information content (AvgIpc) is 3.14. The maximum Gasteiger partial charge on any atom is 0.205 e. The maximum atomic E-state index is 13.4. The van der Waals surface area contributed by atoms with Crippen LogP contribution in [0.2, 0.25) is 5.02 Å². The first-order valence-electron chi connectivity index (χ1n) is 8.67. The van der Waals surface area contributed by atoms with Crippen LogP contribution in [0.15, 0.2) is 84.9 Å². The lowest BCUT2D eigenvalue weighted by molar-refractivity contribution is 0.0964. The van der Waals surface area contributed by atoms with Gasteiger partial charge in [-0.25, -0.2) is 0 Å². The Labute approximate surface area is 158 Å². The lowest BCUT2D eigenvalue weighted by Gasteiger charge is -2.31. The second-order valence-corrected chi connectivity index (χ2v) is 6.74. The fraction of sp³-hybridized carbons (Fsp3) is 0.136. The highest BCUT2D eigenvalue weighted by Gasteiger charge is 2.38. The molecule has 0 spiro atoms. The molecule has 3 aromatic rings. The summed E-state index contributed by atoms with van der Waals surface area (Å²) in [6.45, 7) is 1.59. The predicted octanol–water partition coefficient (Wildman–Crippen LogP) is 4.88. The summed E-state index contributed by atoms with van der Waals surface area (Å²) in [6.07, 6.45) is -0.374. The van der Waals surface area contributed by atoms with Crippen LogP contribution >= 0.6 is 11.6 Å². The standard InChI is InChI=1S/C22H19ClN2O/c23-18-13-11-17(12-14-18)21(26)22-24(19-7-3-1-4-8-19)15-16-25(22)20-9-5-2-6-10-20/h1-14,22H,15-16H2. The SMILES string of the molecule is O=C(c1ccc(Cl)cc1)C1N(c2ccccc2)CCN1c1ccccc1.